The normalized spacial score (nSPS) is 10.1. The molecule has 2 rings (SSSR count). The van der Waals surface area contributed by atoms with Crippen LogP contribution in [0.2, 0.25) is 0 Å². The molecular formula is C16H19N3O. The summed E-state index contributed by atoms with van der Waals surface area (Å²) >= 11 is 0. The van der Waals surface area contributed by atoms with Crippen LogP contribution in [0.4, 0.5) is 5.69 Å². The highest BCUT2D eigenvalue weighted by Gasteiger charge is 2.01. The number of anilines is 1. The number of amides is 1. The molecule has 0 saturated carbocycles. The molecule has 1 aromatic carbocycles. The lowest BCUT2D eigenvalue weighted by Gasteiger charge is -2.08. The van der Waals surface area contributed by atoms with Gasteiger partial charge < -0.3 is 10.6 Å². The van der Waals surface area contributed by atoms with E-state index in [2.05, 4.69) is 21.7 Å². The van der Waals surface area contributed by atoms with Gasteiger partial charge in [-0.2, -0.15) is 0 Å². The number of pyridine rings is 1. The lowest BCUT2D eigenvalue weighted by molar-refractivity contribution is -0.121. The minimum Gasteiger partial charge on any atom is -0.385 e. The van der Waals surface area contributed by atoms with Crippen LogP contribution >= 0.6 is 0 Å². The van der Waals surface area contributed by atoms with E-state index in [0.29, 0.717) is 19.5 Å². The number of carbonyl (C=O) groups is 1. The lowest BCUT2D eigenvalue weighted by Crippen LogP contribution is -2.25. The van der Waals surface area contributed by atoms with Crippen molar-refractivity contribution >= 4 is 11.6 Å². The number of aromatic nitrogens is 1. The molecule has 20 heavy (non-hydrogen) atoms. The molecule has 0 spiro atoms. The van der Waals surface area contributed by atoms with Crippen LogP contribution < -0.4 is 10.6 Å². The number of nitrogens with one attached hydrogen (secondary N) is 2. The molecule has 104 valence electrons. The fraction of sp³-hybridized carbons (Fsp3) is 0.250. The Morgan fingerprint density at radius 1 is 1.20 bits per heavy atom. The number of benzene rings is 1. The molecule has 0 aliphatic rings. The van der Waals surface area contributed by atoms with Crippen molar-refractivity contribution < 1.29 is 4.79 Å². The predicted molar refractivity (Wildman–Crippen MR) is 80.4 cm³/mol. The molecule has 4 heteroatoms. The number of aryl methyl sites for hydroxylation is 1. The Morgan fingerprint density at radius 2 is 2.10 bits per heavy atom. The van der Waals surface area contributed by atoms with Crippen LogP contribution in [0.25, 0.3) is 0 Å². The summed E-state index contributed by atoms with van der Waals surface area (Å²) in [6.07, 6.45) is 2.17. The van der Waals surface area contributed by atoms with Crippen molar-refractivity contribution in [1.29, 1.82) is 0 Å². The van der Waals surface area contributed by atoms with Crippen LogP contribution in [0.5, 0.6) is 0 Å². The van der Waals surface area contributed by atoms with Crippen molar-refractivity contribution in [1.82, 2.24) is 10.3 Å². The van der Waals surface area contributed by atoms with Crippen molar-refractivity contribution in [2.45, 2.75) is 19.9 Å². The molecule has 0 fully saturated rings. The van der Waals surface area contributed by atoms with Gasteiger partial charge in [-0.3, -0.25) is 9.78 Å². The quantitative estimate of drug-likeness (QED) is 0.847. The summed E-state index contributed by atoms with van der Waals surface area (Å²) in [5, 5.41) is 6.09. The van der Waals surface area contributed by atoms with Crippen LogP contribution in [0.1, 0.15) is 17.7 Å². The predicted octanol–water partition coefficient (Wildman–Crippen LogP) is 2.51. The second kappa shape index (κ2) is 7.28. The zero-order chi connectivity index (χ0) is 14.2. The monoisotopic (exact) mass is 269 g/mol. The summed E-state index contributed by atoms with van der Waals surface area (Å²) in [5.41, 5.74) is 3.12. The van der Waals surface area contributed by atoms with Crippen molar-refractivity contribution in [3.8, 4) is 0 Å². The highest BCUT2D eigenvalue weighted by Crippen LogP contribution is 2.09. The number of carbonyl (C=O) groups excluding carboxylic acids is 1. The second-order valence-electron chi connectivity index (χ2n) is 4.64. The minimum atomic E-state index is 0.0239. The Hall–Kier alpha value is -2.36. The van der Waals surface area contributed by atoms with Gasteiger partial charge in [0.25, 0.3) is 0 Å². The summed E-state index contributed by atoms with van der Waals surface area (Å²) < 4.78 is 0. The SMILES string of the molecule is Cc1cccc(NCCC(=O)NCc2ccccn2)c1. The third-order valence-electron chi connectivity index (χ3n) is 2.89. The maximum atomic E-state index is 11.7. The first kappa shape index (κ1) is 14.1. The van der Waals surface area contributed by atoms with Gasteiger partial charge in [0, 0.05) is 24.8 Å². The van der Waals surface area contributed by atoms with Crippen molar-refractivity contribution in [3.05, 3.63) is 59.9 Å². The number of hydrogen-bond donors (Lipinski definition) is 2. The molecule has 1 heterocycles. The molecular weight excluding hydrogens is 250 g/mol. The van der Waals surface area contributed by atoms with E-state index in [1.54, 1.807) is 6.20 Å². The molecule has 0 atom stereocenters. The van der Waals surface area contributed by atoms with Gasteiger partial charge in [0.15, 0.2) is 0 Å². The summed E-state index contributed by atoms with van der Waals surface area (Å²) in [7, 11) is 0. The number of hydrogen-bond acceptors (Lipinski definition) is 3. The standard InChI is InChI=1S/C16H19N3O/c1-13-5-4-7-14(11-13)18-10-8-16(20)19-12-15-6-2-3-9-17-15/h2-7,9,11,18H,8,10,12H2,1H3,(H,19,20). The number of rotatable bonds is 6. The van der Waals surface area contributed by atoms with E-state index >= 15 is 0 Å². The van der Waals surface area contributed by atoms with E-state index in [-0.39, 0.29) is 5.91 Å². The van der Waals surface area contributed by atoms with Gasteiger partial charge in [0.2, 0.25) is 5.91 Å². The molecule has 0 aliphatic heterocycles. The molecule has 1 amide bonds. The van der Waals surface area contributed by atoms with Crippen LogP contribution in [-0.4, -0.2) is 17.4 Å². The molecule has 2 aromatic rings. The second-order valence-corrected chi connectivity index (χ2v) is 4.64. The highest BCUT2D eigenvalue weighted by atomic mass is 16.1. The molecule has 0 radical (unpaired) electrons. The minimum absolute atomic E-state index is 0.0239. The van der Waals surface area contributed by atoms with Gasteiger partial charge in [-0.05, 0) is 36.8 Å². The summed E-state index contributed by atoms with van der Waals surface area (Å²) in [6, 6.07) is 13.8. The fourth-order valence-corrected chi connectivity index (χ4v) is 1.86. The summed E-state index contributed by atoms with van der Waals surface area (Å²) in [5.74, 6) is 0.0239. The van der Waals surface area contributed by atoms with E-state index in [0.717, 1.165) is 11.4 Å². The zero-order valence-electron chi connectivity index (χ0n) is 11.6. The van der Waals surface area contributed by atoms with Crippen LogP contribution in [0, 0.1) is 6.92 Å². The lowest BCUT2D eigenvalue weighted by atomic mass is 10.2. The van der Waals surface area contributed by atoms with E-state index in [4.69, 9.17) is 0 Å². The van der Waals surface area contributed by atoms with E-state index in [1.165, 1.54) is 5.56 Å². The van der Waals surface area contributed by atoms with Gasteiger partial charge >= 0.3 is 0 Å². The topological polar surface area (TPSA) is 54.0 Å². The Labute approximate surface area is 119 Å². The van der Waals surface area contributed by atoms with Crippen LogP contribution in [0.15, 0.2) is 48.7 Å². The summed E-state index contributed by atoms with van der Waals surface area (Å²) in [6.45, 7) is 3.15. The Morgan fingerprint density at radius 3 is 2.85 bits per heavy atom. The molecule has 0 aliphatic carbocycles. The first-order chi connectivity index (χ1) is 9.74. The Kier molecular flexibility index (Phi) is 5.12. The van der Waals surface area contributed by atoms with Crippen LogP contribution in [-0.2, 0) is 11.3 Å². The smallest absolute Gasteiger partial charge is 0.222 e. The molecule has 0 unspecified atom stereocenters. The molecule has 0 bridgehead atoms. The average Bonchev–Trinajstić information content (AvgIpc) is 2.46. The maximum absolute atomic E-state index is 11.7. The summed E-state index contributed by atoms with van der Waals surface area (Å²) in [4.78, 5) is 15.9. The molecule has 0 saturated heterocycles. The van der Waals surface area contributed by atoms with Gasteiger partial charge in [-0.1, -0.05) is 18.2 Å². The zero-order valence-corrected chi connectivity index (χ0v) is 11.6. The Balaban J connectivity index is 1.68. The molecule has 2 N–H and O–H groups in total. The maximum Gasteiger partial charge on any atom is 0.222 e. The van der Waals surface area contributed by atoms with Gasteiger partial charge in [0.05, 0.1) is 12.2 Å². The number of nitrogens with zero attached hydrogens (tertiary/aromatic N) is 1. The molecule has 4 nitrogen and oxygen atoms in total. The van der Waals surface area contributed by atoms with Gasteiger partial charge in [-0.25, -0.2) is 0 Å². The van der Waals surface area contributed by atoms with E-state index < -0.39 is 0 Å². The average molecular weight is 269 g/mol. The van der Waals surface area contributed by atoms with E-state index in [9.17, 15) is 4.79 Å². The highest BCUT2D eigenvalue weighted by molar-refractivity contribution is 5.76. The van der Waals surface area contributed by atoms with E-state index in [1.807, 2.05) is 43.3 Å². The van der Waals surface area contributed by atoms with Crippen molar-refractivity contribution in [2.24, 2.45) is 0 Å². The van der Waals surface area contributed by atoms with Crippen molar-refractivity contribution in [2.75, 3.05) is 11.9 Å². The molecule has 1 aromatic heterocycles. The third-order valence-corrected chi connectivity index (χ3v) is 2.89. The first-order valence-corrected chi connectivity index (χ1v) is 6.71. The third kappa shape index (κ3) is 4.72. The van der Waals surface area contributed by atoms with Gasteiger partial charge in [0.1, 0.15) is 0 Å². The first-order valence-electron chi connectivity index (χ1n) is 6.71. The Bertz CT molecular complexity index is 555. The van der Waals surface area contributed by atoms with Crippen molar-refractivity contribution in [3.63, 3.8) is 0 Å². The van der Waals surface area contributed by atoms with Gasteiger partial charge in [-0.15, -0.1) is 0 Å². The van der Waals surface area contributed by atoms with Crippen LogP contribution in [0.3, 0.4) is 0 Å². The fourth-order valence-electron chi connectivity index (χ4n) is 1.86. The largest absolute Gasteiger partial charge is 0.385 e.